The molecule has 1 saturated heterocycles. The molecule has 0 spiro atoms. The maximum atomic E-state index is 12.8. The third-order valence-corrected chi connectivity index (χ3v) is 6.31. The number of carbonyl (C=O) groups excluding carboxylic acids is 2. The molecular formula is C27H24BrN3O3. The van der Waals surface area contributed by atoms with E-state index in [9.17, 15) is 14.9 Å². The summed E-state index contributed by atoms with van der Waals surface area (Å²) in [6.45, 7) is 1.92. The summed E-state index contributed by atoms with van der Waals surface area (Å²) < 4.78 is 6.58. The van der Waals surface area contributed by atoms with Crippen LogP contribution in [0, 0.1) is 11.3 Å². The Morgan fingerprint density at radius 1 is 1.03 bits per heavy atom. The Kier molecular flexibility index (Phi) is 7.61. The summed E-state index contributed by atoms with van der Waals surface area (Å²) in [5.74, 6) is 0.312. The summed E-state index contributed by atoms with van der Waals surface area (Å²) in [7, 11) is 0. The van der Waals surface area contributed by atoms with E-state index in [1.54, 1.807) is 36.4 Å². The van der Waals surface area contributed by atoms with Crippen LogP contribution in [0.25, 0.3) is 0 Å². The van der Waals surface area contributed by atoms with E-state index in [1.165, 1.54) is 0 Å². The fourth-order valence-electron chi connectivity index (χ4n) is 3.90. The Hall–Kier alpha value is -3.63. The number of anilines is 1. The first-order valence-electron chi connectivity index (χ1n) is 11.1. The maximum absolute atomic E-state index is 12.8. The smallest absolute Gasteiger partial charge is 0.254 e. The fourth-order valence-corrected chi connectivity index (χ4v) is 4.45. The van der Waals surface area contributed by atoms with Crippen LogP contribution < -0.4 is 10.1 Å². The minimum Gasteiger partial charge on any atom is -0.489 e. The zero-order valence-corrected chi connectivity index (χ0v) is 20.2. The van der Waals surface area contributed by atoms with E-state index in [0.717, 1.165) is 31.5 Å². The second-order valence-corrected chi connectivity index (χ2v) is 8.98. The lowest BCUT2D eigenvalue weighted by Gasteiger charge is -2.17. The first-order chi connectivity index (χ1) is 16.5. The van der Waals surface area contributed by atoms with Crippen molar-refractivity contribution in [2.24, 2.45) is 0 Å². The minimum absolute atomic E-state index is 0.00391. The molecule has 1 aliphatic heterocycles. The van der Waals surface area contributed by atoms with Crippen LogP contribution >= 0.6 is 15.9 Å². The van der Waals surface area contributed by atoms with Crippen LogP contribution in [0.15, 0.2) is 71.2 Å². The number of nitriles is 1. The molecule has 6 nitrogen and oxygen atoms in total. The standard InChI is InChI=1S/C27H24BrN3O3/c28-24-16-22(9-10-23(24)27(33)31-12-4-5-13-31)30-26(32)15-21-14-20(17-29)8-11-25(21)34-18-19-6-2-1-3-7-19/h1-3,6-11,14,16H,4-5,12-13,15,18H2,(H,30,32). The summed E-state index contributed by atoms with van der Waals surface area (Å²) >= 11 is 3.47. The molecule has 0 aliphatic carbocycles. The molecule has 1 heterocycles. The normalized spacial score (nSPS) is 12.8. The number of likely N-dealkylation sites (tertiary alicyclic amines) is 1. The minimum atomic E-state index is -0.245. The first-order valence-corrected chi connectivity index (χ1v) is 11.9. The lowest BCUT2D eigenvalue weighted by atomic mass is 10.1. The van der Waals surface area contributed by atoms with Gasteiger partial charge < -0.3 is 15.0 Å². The SMILES string of the molecule is N#Cc1ccc(OCc2ccccc2)c(CC(=O)Nc2ccc(C(=O)N3CCCC3)c(Br)c2)c1. The van der Waals surface area contributed by atoms with Crippen LogP contribution in [0.5, 0.6) is 5.75 Å². The van der Waals surface area contributed by atoms with Crippen molar-refractivity contribution in [1.29, 1.82) is 5.26 Å². The molecule has 0 bridgehead atoms. The molecule has 0 saturated carbocycles. The van der Waals surface area contributed by atoms with Gasteiger partial charge in [0, 0.05) is 28.8 Å². The molecule has 0 unspecified atom stereocenters. The molecule has 3 aromatic rings. The fraction of sp³-hybridized carbons (Fsp3) is 0.222. The molecule has 1 fully saturated rings. The highest BCUT2D eigenvalue weighted by Gasteiger charge is 2.21. The second-order valence-electron chi connectivity index (χ2n) is 8.13. The molecular weight excluding hydrogens is 494 g/mol. The van der Waals surface area contributed by atoms with Gasteiger partial charge in [0.1, 0.15) is 12.4 Å². The van der Waals surface area contributed by atoms with Gasteiger partial charge >= 0.3 is 0 Å². The molecule has 4 rings (SSSR count). The third kappa shape index (κ3) is 5.83. The number of carbonyl (C=O) groups is 2. The van der Waals surface area contributed by atoms with E-state index in [1.807, 2.05) is 35.2 Å². The van der Waals surface area contributed by atoms with Gasteiger partial charge in [0.15, 0.2) is 0 Å². The van der Waals surface area contributed by atoms with Gasteiger partial charge in [-0.05, 0) is 70.7 Å². The molecule has 0 radical (unpaired) electrons. The lowest BCUT2D eigenvalue weighted by Crippen LogP contribution is -2.27. The molecule has 7 heteroatoms. The number of rotatable bonds is 7. The molecule has 1 aliphatic rings. The van der Waals surface area contributed by atoms with Crippen LogP contribution in [0.2, 0.25) is 0 Å². The predicted octanol–water partition coefficient (Wildman–Crippen LogP) is 5.32. The molecule has 2 amide bonds. The summed E-state index contributed by atoms with van der Waals surface area (Å²) in [4.78, 5) is 27.3. The highest BCUT2D eigenvalue weighted by molar-refractivity contribution is 9.10. The van der Waals surface area contributed by atoms with Gasteiger partial charge in [0.05, 0.1) is 23.6 Å². The molecule has 172 valence electrons. The van der Waals surface area contributed by atoms with Gasteiger partial charge in [-0.2, -0.15) is 5.26 Å². The van der Waals surface area contributed by atoms with Crippen molar-refractivity contribution < 1.29 is 14.3 Å². The molecule has 34 heavy (non-hydrogen) atoms. The van der Waals surface area contributed by atoms with Gasteiger partial charge in [-0.1, -0.05) is 30.3 Å². The molecule has 0 atom stereocenters. The van der Waals surface area contributed by atoms with E-state index in [-0.39, 0.29) is 18.2 Å². The summed E-state index contributed by atoms with van der Waals surface area (Å²) in [6, 6.07) is 22.1. The Morgan fingerprint density at radius 3 is 2.50 bits per heavy atom. The van der Waals surface area contributed by atoms with Crippen molar-refractivity contribution in [2.45, 2.75) is 25.9 Å². The topological polar surface area (TPSA) is 82.4 Å². The van der Waals surface area contributed by atoms with Crippen LogP contribution in [-0.2, 0) is 17.8 Å². The third-order valence-electron chi connectivity index (χ3n) is 5.65. The van der Waals surface area contributed by atoms with Gasteiger partial charge in [0.25, 0.3) is 5.91 Å². The summed E-state index contributed by atoms with van der Waals surface area (Å²) in [5, 5.41) is 12.2. The van der Waals surface area contributed by atoms with Gasteiger partial charge in [-0.25, -0.2) is 0 Å². The summed E-state index contributed by atoms with van der Waals surface area (Å²) in [6.07, 6.45) is 2.11. The predicted molar refractivity (Wildman–Crippen MR) is 134 cm³/mol. The average Bonchev–Trinajstić information content (AvgIpc) is 3.38. The number of nitrogens with one attached hydrogen (secondary N) is 1. The van der Waals surface area contributed by atoms with Gasteiger partial charge in [-0.15, -0.1) is 0 Å². The van der Waals surface area contributed by atoms with Crippen molar-refractivity contribution in [2.75, 3.05) is 18.4 Å². The van der Waals surface area contributed by atoms with Crippen LogP contribution in [0.3, 0.4) is 0 Å². The van der Waals surface area contributed by atoms with E-state index in [0.29, 0.717) is 39.2 Å². The lowest BCUT2D eigenvalue weighted by molar-refractivity contribution is -0.115. The van der Waals surface area contributed by atoms with Gasteiger partial charge in [-0.3, -0.25) is 9.59 Å². The van der Waals surface area contributed by atoms with E-state index in [4.69, 9.17) is 4.74 Å². The summed E-state index contributed by atoms with van der Waals surface area (Å²) in [5.41, 5.74) is 3.27. The van der Waals surface area contributed by atoms with Crippen molar-refractivity contribution in [3.05, 3.63) is 93.5 Å². The zero-order valence-electron chi connectivity index (χ0n) is 18.6. The monoisotopic (exact) mass is 517 g/mol. The van der Waals surface area contributed by atoms with Crippen molar-refractivity contribution >= 4 is 33.4 Å². The largest absolute Gasteiger partial charge is 0.489 e. The van der Waals surface area contributed by atoms with Crippen LogP contribution in [0.4, 0.5) is 5.69 Å². The Bertz CT molecular complexity index is 1230. The number of ether oxygens (including phenoxy) is 1. The quantitative estimate of drug-likeness (QED) is 0.459. The number of nitrogens with zero attached hydrogens (tertiary/aromatic N) is 2. The maximum Gasteiger partial charge on any atom is 0.254 e. The van der Waals surface area contributed by atoms with Gasteiger partial charge in [0.2, 0.25) is 5.91 Å². The van der Waals surface area contributed by atoms with Crippen LogP contribution in [0.1, 0.15) is 39.9 Å². The second kappa shape index (κ2) is 11.0. The molecule has 0 aromatic heterocycles. The number of hydrogen-bond donors (Lipinski definition) is 1. The van der Waals surface area contributed by atoms with Crippen molar-refractivity contribution in [1.82, 2.24) is 4.90 Å². The number of benzene rings is 3. The number of hydrogen-bond acceptors (Lipinski definition) is 4. The molecule has 1 N–H and O–H groups in total. The number of halogens is 1. The van der Waals surface area contributed by atoms with Crippen molar-refractivity contribution in [3.63, 3.8) is 0 Å². The first kappa shape index (κ1) is 23.5. The van der Waals surface area contributed by atoms with E-state index < -0.39 is 0 Å². The Balaban J connectivity index is 1.44. The Labute approximate surface area is 207 Å². The van der Waals surface area contributed by atoms with E-state index in [2.05, 4.69) is 27.3 Å². The highest BCUT2D eigenvalue weighted by Crippen LogP contribution is 2.26. The zero-order chi connectivity index (χ0) is 23.9. The van der Waals surface area contributed by atoms with Crippen molar-refractivity contribution in [3.8, 4) is 11.8 Å². The number of amides is 2. The van der Waals surface area contributed by atoms with E-state index >= 15 is 0 Å². The average molecular weight is 518 g/mol. The Morgan fingerprint density at radius 2 is 1.79 bits per heavy atom. The highest BCUT2D eigenvalue weighted by atomic mass is 79.9. The van der Waals surface area contributed by atoms with Crippen LogP contribution in [-0.4, -0.2) is 29.8 Å². The molecule has 3 aromatic carbocycles.